The van der Waals surface area contributed by atoms with Gasteiger partial charge < -0.3 is 10.2 Å². The molecule has 0 aromatic carbocycles. The number of nitrogens with zero attached hydrogens (tertiary/aromatic N) is 4. The molecule has 0 aromatic rings. The molecule has 1 N–H and O–H groups in total. The van der Waals surface area contributed by atoms with E-state index in [1.165, 1.54) is 22.4 Å². The first-order valence-corrected chi connectivity index (χ1v) is 10.6. The van der Waals surface area contributed by atoms with Crippen molar-refractivity contribution in [2.45, 2.75) is 38.0 Å². The molecule has 2 atom stereocenters. The van der Waals surface area contributed by atoms with Gasteiger partial charge in [0.25, 0.3) is 0 Å². The molecule has 0 spiro atoms. The highest BCUT2D eigenvalue weighted by Crippen LogP contribution is 2.25. The Morgan fingerprint density at radius 1 is 1.22 bits per heavy atom. The summed E-state index contributed by atoms with van der Waals surface area (Å²) in [5, 5.41) is 3.19. The third-order valence-corrected chi connectivity index (χ3v) is 6.42. The lowest BCUT2D eigenvalue weighted by Gasteiger charge is -2.40. The van der Waals surface area contributed by atoms with Crippen LogP contribution >= 0.6 is 24.0 Å². The summed E-state index contributed by atoms with van der Waals surface area (Å²) in [6.07, 6.45) is -1.40. The molecule has 0 amide bonds. The molecule has 160 valence electrons. The van der Waals surface area contributed by atoms with E-state index in [1.54, 1.807) is 7.05 Å². The first-order valence-electron chi connectivity index (χ1n) is 8.77. The average Bonchev–Trinajstić information content (AvgIpc) is 3.03. The maximum absolute atomic E-state index is 12.8. The van der Waals surface area contributed by atoms with Gasteiger partial charge in [0.1, 0.15) is 6.04 Å². The largest absolute Gasteiger partial charge is 0.403 e. The van der Waals surface area contributed by atoms with Crippen LogP contribution in [-0.2, 0) is 10.0 Å². The molecule has 2 aliphatic heterocycles. The summed E-state index contributed by atoms with van der Waals surface area (Å²) in [6.45, 7) is 3.65. The van der Waals surface area contributed by atoms with E-state index < -0.39 is 22.2 Å². The van der Waals surface area contributed by atoms with E-state index in [4.69, 9.17) is 0 Å². The average molecular weight is 527 g/mol. The number of halogens is 4. The minimum atomic E-state index is -4.22. The van der Waals surface area contributed by atoms with E-state index in [-0.39, 0.29) is 30.0 Å². The molecule has 0 aromatic heterocycles. The van der Waals surface area contributed by atoms with Gasteiger partial charge in [0.05, 0.1) is 6.26 Å². The maximum atomic E-state index is 12.8. The van der Waals surface area contributed by atoms with Gasteiger partial charge >= 0.3 is 6.18 Å². The van der Waals surface area contributed by atoms with Crippen LogP contribution in [0.5, 0.6) is 0 Å². The number of alkyl halides is 3. The zero-order valence-corrected chi connectivity index (χ0v) is 19.0. The van der Waals surface area contributed by atoms with Crippen LogP contribution in [0.15, 0.2) is 4.99 Å². The number of piperazine rings is 1. The normalized spacial score (nSPS) is 24.6. The first-order chi connectivity index (χ1) is 12.0. The maximum Gasteiger partial charge on any atom is 0.403 e. The molecule has 2 fully saturated rings. The standard InChI is InChI=1S/C15H28F3N5O2S.HI/c1-12(15(16,17)18)21-7-9-22(10-8-21)14(19-2)20-11-13-5-4-6-23(13)26(3,24)25;/h12-13H,4-11H2,1-3H3,(H,19,20);1H/t12?,13-;/m1./s1. The fraction of sp³-hybridized carbons (Fsp3) is 0.933. The van der Waals surface area contributed by atoms with Crippen LogP contribution in [0, 0.1) is 0 Å². The molecule has 0 aliphatic carbocycles. The van der Waals surface area contributed by atoms with Crippen molar-refractivity contribution in [1.82, 2.24) is 19.4 Å². The Balaban J connectivity index is 0.00000364. The molecular formula is C15H29F3IN5O2S. The fourth-order valence-electron chi connectivity index (χ4n) is 3.52. The van der Waals surface area contributed by atoms with Crippen molar-refractivity contribution in [2.75, 3.05) is 52.6 Å². The molecule has 2 heterocycles. The molecule has 1 unspecified atom stereocenters. The number of guanidine groups is 1. The number of nitrogens with one attached hydrogen (secondary N) is 1. The molecule has 12 heteroatoms. The Hall–Kier alpha value is -0.340. The van der Waals surface area contributed by atoms with Crippen LogP contribution in [0.1, 0.15) is 19.8 Å². The number of hydrogen-bond acceptors (Lipinski definition) is 4. The summed E-state index contributed by atoms with van der Waals surface area (Å²) >= 11 is 0. The minimum absolute atomic E-state index is 0. The molecule has 2 aliphatic rings. The van der Waals surface area contributed by atoms with Gasteiger partial charge in [0.2, 0.25) is 10.0 Å². The molecule has 2 rings (SSSR count). The topological polar surface area (TPSA) is 68.2 Å². The summed E-state index contributed by atoms with van der Waals surface area (Å²) in [5.41, 5.74) is 0. The van der Waals surface area contributed by atoms with Gasteiger partial charge in [-0.1, -0.05) is 0 Å². The van der Waals surface area contributed by atoms with Gasteiger partial charge in [-0.2, -0.15) is 17.5 Å². The van der Waals surface area contributed by atoms with Crippen LogP contribution in [0.3, 0.4) is 0 Å². The number of rotatable bonds is 4. The van der Waals surface area contributed by atoms with Gasteiger partial charge in [-0.25, -0.2) is 8.42 Å². The highest BCUT2D eigenvalue weighted by Gasteiger charge is 2.41. The Labute approximate surface area is 176 Å². The molecule has 0 saturated carbocycles. The fourth-order valence-corrected chi connectivity index (χ4v) is 4.70. The van der Waals surface area contributed by atoms with E-state index in [2.05, 4.69) is 10.3 Å². The van der Waals surface area contributed by atoms with E-state index in [0.29, 0.717) is 45.2 Å². The van der Waals surface area contributed by atoms with E-state index in [0.717, 1.165) is 12.8 Å². The second kappa shape index (κ2) is 9.92. The molecule has 0 bridgehead atoms. The second-order valence-corrected chi connectivity index (χ2v) is 8.77. The van der Waals surface area contributed by atoms with Crippen LogP contribution in [0.25, 0.3) is 0 Å². The van der Waals surface area contributed by atoms with Gasteiger partial charge in [-0.15, -0.1) is 24.0 Å². The van der Waals surface area contributed by atoms with Gasteiger partial charge in [-0.3, -0.25) is 9.89 Å². The SMILES string of the molecule is CN=C(NC[C@H]1CCCN1S(C)(=O)=O)N1CCN(C(C)C(F)(F)F)CC1.I. The molecule has 7 nitrogen and oxygen atoms in total. The van der Waals surface area contributed by atoms with Crippen molar-refractivity contribution in [1.29, 1.82) is 0 Å². The highest BCUT2D eigenvalue weighted by molar-refractivity contribution is 14.0. The van der Waals surface area contributed by atoms with Crippen LogP contribution in [0.4, 0.5) is 13.2 Å². The monoisotopic (exact) mass is 527 g/mol. The lowest BCUT2D eigenvalue weighted by molar-refractivity contribution is -0.181. The van der Waals surface area contributed by atoms with E-state index >= 15 is 0 Å². The summed E-state index contributed by atoms with van der Waals surface area (Å²) in [5.74, 6) is 0.602. The Bertz CT molecular complexity index is 609. The van der Waals surface area contributed by atoms with Gasteiger partial charge in [0, 0.05) is 52.4 Å². The Morgan fingerprint density at radius 3 is 2.30 bits per heavy atom. The first kappa shape index (κ1) is 24.7. The van der Waals surface area contributed by atoms with Crippen LogP contribution in [0.2, 0.25) is 0 Å². The van der Waals surface area contributed by atoms with E-state index in [9.17, 15) is 21.6 Å². The number of hydrogen-bond donors (Lipinski definition) is 1. The Morgan fingerprint density at radius 2 is 1.81 bits per heavy atom. The van der Waals surface area contributed by atoms with Crippen molar-refractivity contribution >= 4 is 40.0 Å². The summed E-state index contributed by atoms with van der Waals surface area (Å²) in [7, 11) is -1.61. The highest BCUT2D eigenvalue weighted by atomic mass is 127. The molecule has 27 heavy (non-hydrogen) atoms. The quantitative estimate of drug-likeness (QED) is 0.338. The van der Waals surface area contributed by atoms with Crippen molar-refractivity contribution in [3.8, 4) is 0 Å². The predicted octanol–water partition coefficient (Wildman–Crippen LogP) is 1.17. The second-order valence-electron chi connectivity index (χ2n) is 6.84. The van der Waals surface area contributed by atoms with Crippen molar-refractivity contribution in [2.24, 2.45) is 4.99 Å². The smallest absolute Gasteiger partial charge is 0.355 e. The zero-order chi connectivity index (χ0) is 19.5. The molecule has 0 radical (unpaired) electrons. The van der Waals surface area contributed by atoms with E-state index in [1.807, 2.05) is 4.90 Å². The van der Waals surface area contributed by atoms with Gasteiger partial charge in [-0.05, 0) is 19.8 Å². The Kier molecular flexibility index (Phi) is 9.07. The van der Waals surface area contributed by atoms with Crippen molar-refractivity contribution in [3.63, 3.8) is 0 Å². The van der Waals surface area contributed by atoms with Crippen molar-refractivity contribution in [3.05, 3.63) is 0 Å². The summed E-state index contributed by atoms with van der Waals surface area (Å²) in [6, 6.07) is -1.57. The van der Waals surface area contributed by atoms with Crippen molar-refractivity contribution < 1.29 is 21.6 Å². The summed E-state index contributed by atoms with van der Waals surface area (Å²) < 4.78 is 63.6. The molecule has 2 saturated heterocycles. The lowest BCUT2D eigenvalue weighted by atomic mass is 10.2. The zero-order valence-electron chi connectivity index (χ0n) is 15.9. The van der Waals surface area contributed by atoms with Crippen LogP contribution in [-0.4, -0.2) is 99.3 Å². The molecular weight excluding hydrogens is 498 g/mol. The number of aliphatic imine (C=N–C) groups is 1. The minimum Gasteiger partial charge on any atom is -0.355 e. The lowest BCUT2D eigenvalue weighted by Crippen LogP contribution is -2.57. The predicted molar refractivity (Wildman–Crippen MR) is 110 cm³/mol. The van der Waals surface area contributed by atoms with Gasteiger partial charge in [0.15, 0.2) is 5.96 Å². The third kappa shape index (κ3) is 6.60. The summed E-state index contributed by atoms with van der Waals surface area (Å²) in [4.78, 5) is 7.54. The van der Waals surface area contributed by atoms with Crippen LogP contribution < -0.4 is 5.32 Å². The third-order valence-electron chi connectivity index (χ3n) is 5.09. The number of sulfonamides is 1.